The molecular weight excluding hydrogens is 265 g/mol. The summed E-state index contributed by atoms with van der Waals surface area (Å²) in [5, 5.41) is 2.86. The summed E-state index contributed by atoms with van der Waals surface area (Å²) in [6.07, 6.45) is 1.71. The van der Waals surface area contributed by atoms with Crippen LogP contribution in [0, 0.1) is 5.92 Å². The molecule has 0 bridgehead atoms. The van der Waals surface area contributed by atoms with Gasteiger partial charge in [-0.15, -0.1) is 0 Å². The van der Waals surface area contributed by atoms with Crippen LogP contribution in [-0.4, -0.2) is 29.1 Å². The van der Waals surface area contributed by atoms with Crippen molar-refractivity contribution in [2.24, 2.45) is 5.92 Å². The van der Waals surface area contributed by atoms with Gasteiger partial charge in [0.25, 0.3) is 0 Å². The van der Waals surface area contributed by atoms with E-state index in [1.54, 1.807) is 0 Å². The van der Waals surface area contributed by atoms with Gasteiger partial charge in [0.1, 0.15) is 11.0 Å². The second-order valence-corrected chi connectivity index (χ2v) is 4.47. The maximum atomic E-state index is 11.9. The molecule has 0 aromatic carbocycles. The first kappa shape index (κ1) is 12.5. The Bertz CT molecular complexity index is 402. The number of amides is 1. The van der Waals surface area contributed by atoms with Crippen LogP contribution >= 0.6 is 23.2 Å². The first-order valence-corrected chi connectivity index (χ1v) is 5.99. The number of carbonyl (C=O) groups excluding carboxylic acids is 1. The van der Waals surface area contributed by atoms with Gasteiger partial charge in [-0.05, 0) is 24.4 Å². The molecule has 0 spiro atoms. The van der Waals surface area contributed by atoms with Crippen LogP contribution in [0.4, 0.5) is 5.82 Å². The molecule has 1 saturated heterocycles. The Morgan fingerprint density at radius 2 is 2.29 bits per heavy atom. The monoisotopic (exact) mass is 275 g/mol. The minimum Gasteiger partial charge on any atom is -0.381 e. The highest BCUT2D eigenvalue weighted by atomic mass is 35.5. The molecule has 0 saturated carbocycles. The molecule has 92 valence electrons. The number of hydrogen-bond acceptors (Lipinski definition) is 4. The number of nitrogens with zero attached hydrogens (tertiary/aromatic N) is 2. The van der Waals surface area contributed by atoms with Gasteiger partial charge in [-0.25, -0.2) is 9.97 Å². The number of carbonyl (C=O) groups is 1. The van der Waals surface area contributed by atoms with Crippen molar-refractivity contribution in [3.8, 4) is 0 Å². The summed E-state index contributed by atoms with van der Waals surface area (Å²) in [5.41, 5.74) is 0. The molecule has 1 unspecified atom stereocenters. The molecule has 1 aliphatic rings. The average molecular weight is 276 g/mol. The molecule has 5 nitrogen and oxygen atoms in total. The zero-order valence-corrected chi connectivity index (χ0v) is 10.5. The van der Waals surface area contributed by atoms with Crippen molar-refractivity contribution < 1.29 is 9.53 Å². The normalized spacial score (nSPS) is 20.0. The lowest BCUT2D eigenvalue weighted by Crippen LogP contribution is -2.30. The van der Waals surface area contributed by atoms with Crippen LogP contribution in [0.1, 0.15) is 12.8 Å². The van der Waals surface area contributed by atoms with E-state index in [1.165, 1.54) is 6.07 Å². The van der Waals surface area contributed by atoms with Gasteiger partial charge in [0.2, 0.25) is 11.2 Å². The predicted octanol–water partition coefficient (Wildman–Crippen LogP) is 2.15. The van der Waals surface area contributed by atoms with E-state index < -0.39 is 0 Å². The third-order valence-electron chi connectivity index (χ3n) is 2.45. The second kappa shape index (κ2) is 5.62. The summed E-state index contributed by atoms with van der Waals surface area (Å²) in [7, 11) is 0. The average Bonchev–Trinajstić information content (AvgIpc) is 2.28. The summed E-state index contributed by atoms with van der Waals surface area (Å²) in [6.45, 7) is 1.16. The largest absolute Gasteiger partial charge is 0.381 e. The Hall–Kier alpha value is -0.910. The van der Waals surface area contributed by atoms with Gasteiger partial charge in [-0.3, -0.25) is 4.79 Å². The van der Waals surface area contributed by atoms with E-state index >= 15 is 0 Å². The molecule has 1 amide bonds. The Morgan fingerprint density at radius 1 is 1.47 bits per heavy atom. The minimum absolute atomic E-state index is 0.00712. The topological polar surface area (TPSA) is 64.1 Å². The van der Waals surface area contributed by atoms with Gasteiger partial charge >= 0.3 is 0 Å². The van der Waals surface area contributed by atoms with E-state index in [9.17, 15) is 4.79 Å². The molecule has 1 aromatic rings. The van der Waals surface area contributed by atoms with Crippen LogP contribution in [0.25, 0.3) is 0 Å². The highest BCUT2D eigenvalue weighted by Crippen LogP contribution is 2.18. The quantitative estimate of drug-likeness (QED) is 0.664. The maximum Gasteiger partial charge on any atom is 0.230 e. The van der Waals surface area contributed by atoms with E-state index in [0.717, 1.165) is 19.4 Å². The number of aromatic nitrogens is 2. The highest BCUT2D eigenvalue weighted by molar-refractivity contribution is 6.32. The van der Waals surface area contributed by atoms with Crippen LogP contribution in [0.2, 0.25) is 10.4 Å². The fraction of sp³-hybridized carbons (Fsp3) is 0.500. The Balaban J connectivity index is 2.01. The number of ether oxygens (including phenoxy) is 1. The van der Waals surface area contributed by atoms with Gasteiger partial charge < -0.3 is 10.1 Å². The molecule has 17 heavy (non-hydrogen) atoms. The number of anilines is 1. The Morgan fingerprint density at radius 3 is 2.94 bits per heavy atom. The first-order chi connectivity index (χ1) is 8.15. The van der Waals surface area contributed by atoms with E-state index in [2.05, 4.69) is 15.3 Å². The van der Waals surface area contributed by atoms with Gasteiger partial charge in [0.15, 0.2) is 0 Å². The lowest BCUT2D eigenvalue weighted by molar-refractivity contribution is -0.123. The zero-order chi connectivity index (χ0) is 12.3. The third-order valence-corrected chi connectivity index (χ3v) is 2.81. The summed E-state index contributed by atoms with van der Waals surface area (Å²) in [6, 6.07) is 1.45. The standard InChI is InChI=1S/C10H11Cl2N3O2/c11-7-4-8(15-10(12)13-7)14-9(16)6-2-1-3-17-5-6/h4,6H,1-3,5H2,(H,13,14,15,16). The SMILES string of the molecule is O=C(Nc1cc(Cl)nc(Cl)n1)C1CCCOC1. The van der Waals surface area contributed by atoms with Crippen LogP contribution in [0.5, 0.6) is 0 Å². The van der Waals surface area contributed by atoms with E-state index in [-0.39, 0.29) is 22.3 Å². The van der Waals surface area contributed by atoms with Crippen LogP contribution in [0.15, 0.2) is 6.07 Å². The van der Waals surface area contributed by atoms with Crippen LogP contribution in [0.3, 0.4) is 0 Å². The molecular formula is C10H11Cl2N3O2. The maximum absolute atomic E-state index is 11.9. The van der Waals surface area contributed by atoms with Crippen molar-refractivity contribution in [1.29, 1.82) is 0 Å². The fourth-order valence-corrected chi connectivity index (χ4v) is 2.04. The van der Waals surface area contributed by atoms with Crippen molar-refractivity contribution in [3.05, 3.63) is 16.5 Å². The molecule has 1 N–H and O–H groups in total. The minimum atomic E-state index is -0.142. The first-order valence-electron chi connectivity index (χ1n) is 5.24. The molecule has 1 fully saturated rings. The molecule has 0 radical (unpaired) electrons. The van der Waals surface area contributed by atoms with Crippen LogP contribution in [-0.2, 0) is 9.53 Å². The molecule has 1 atom stereocenters. The van der Waals surface area contributed by atoms with Gasteiger partial charge in [0, 0.05) is 12.7 Å². The van der Waals surface area contributed by atoms with Crippen molar-refractivity contribution in [1.82, 2.24) is 9.97 Å². The Kier molecular flexibility index (Phi) is 4.15. The number of rotatable bonds is 2. The lowest BCUT2D eigenvalue weighted by Gasteiger charge is -2.20. The lowest BCUT2D eigenvalue weighted by atomic mass is 10.0. The molecule has 2 heterocycles. The Labute approximate surface area is 108 Å². The second-order valence-electron chi connectivity index (χ2n) is 3.75. The summed E-state index contributed by atoms with van der Waals surface area (Å²) in [4.78, 5) is 19.4. The van der Waals surface area contributed by atoms with Gasteiger partial charge in [0.05, 0.1) is 12.5 Å². The number of halogens is 2. The smallest absolute Gasteiger partial charge is 0.230 e. The number of hydrogen-bond donors (Lipinski definition) is 1. The van der Waals surface area contributed by atoms with E-state index in [0.29, 0.717) is 12.4 Å². The van der Waals surface area contributed by atoms with Crippen molar-refractivity contribution >= 4 is 34.9 Å². The predicted molar refractivity (Wildman–Crippen MR) is 64.2 cm³/mol. The highest BCUT2D eigenvalue weighted by Gasteiger charge is 2.22. The van der Waals surface area contributed by atoms with Gasteiger partial charge in [-0.1, -0.05) is 11.6 Å². The van der Waals surface area contributed by atoms with E-state index in [4.69, 9.17) is 27.9 Å². The number of nitrogens with one attached hydrogen (secondary N) is 1. The van der Waals surface area contributed by atoms with Crippen molar-refractivity contribution in [3.63, 3.8) is 0 Å². The zero-order valence-electron chi connectivity index (χ0n) is 8.95. The van der Waals surface area contributed by atoms with Crippen molar-refractivity contribution in [2.45, 2.75) is 12.8 Å². The molecule has 7 heteroatoms. The van der Waals surface area contributed by atoms with Crippen molar-refractivity contribution in [2.75, 3.05) is 18.5 Å². The summed E-state index contributed by atoms with van der Waals surface area (Å²) in [5.74, 6) is 0.0392. The molecule has 0 aliphatic carbocycles. The fourth-order valence-electron chi connectivity index (χ4n) is 1.63. The third kappa shape index (κ3) is 3.52. The summed E-state index contributed by atoms with van der Waals surface area (Å²) >= 11 is 11.3. The summed E-state index contributed by atoms with van der Waals surface area (Å²) < 4.78 is 5.24. The van der Waals surface area contributed by atoms with Gasteiger partial charge in [-0.2, -0.15) is 0 Å². The molecule has 1 aromatic heterocycles. The van der Waals surface area contributed by atoms with E-state index in [1.807, 2.05) is 0 Å². The van der Waals surface area contributed by atoms with Crippen LogP contribution < -0.4 is 5.32 Å². The molecule has 1 aliphatic heterocycles. The molecule has 2 rings (SSSR count).